The van der Waals surface area contributed by atoms with Crippen LogP contribution in [0.5, 0.6) is 0 Å². The lowest BCUT2D eigenvalue weighted by Crippen LogP contribution is -2.46. The summed E-state index contributed by atoms with van der Waals surface area (Å²) in [5.74, 6) is -4.86. The lowest BCUT2D eigenvalue weighted by Gasteiger charge is -2.35. The first-order valence-corrected chi connectivity index (χ1v) is 17.1. The predicted octanol–water partition coefficient (Wildman–Crippen LogP) is 7.53. The number of ketones is 1. The minimum Gasteiger partial charge on any atom is -0.369 e. The van der Waals surface area contributed by atoms with Gasteiger partial charge in [0.1, 0.15) is 23.7 Å². The topological polar surface area (TPSA) is 137 Å². The molecule has 2 aromatic heterocycles. The smallest absolute Gasteiger partial charge is 0.369 e. The zero-order valence-electron chi connectivity index (χ0n) is 28.8. The van der Waals surface area contributed by atoms with Crippen LogP contribution in [0.4, 0.5) is 22.0 Å². The van der Waals surface area contributed by atoms with Crippen molar-refractivity contribution in [1.29, 1.82) is 0 Å². The van der Waals surface area contributed by atoms with Crippen molar-refractivity contribution in [3.05, 3.63) is 77.0 Å². The van der Waals surface area contributed by atoms with Crippen molar-refractivity contribution in [3.8, 4) is 16.9 Å². The van der Waals surface area contributed by atoms with Gasteiger partial charge in [-0.15, -0.1) is 0 Å². The van der Waals surface area contributed by atoms with Crippen molar-refractivity contribution in [1.82, 2.24) is 34.7 Å². The minimum atomic E-state index is -4.77. The molecule has 4 aromatic rings. The molecule has 0 spiro atoms. The second-order valence-electron chi connectivity index (χ2n) is 14.4. The van der Waals surface area contributed by atoms with Crippen molar-refractivity contribution in [2.45, 2.75) is 90.0 Å². The number of guanidine groups is 1. The van der Waals surface area contributed by atoms with Crippen molar-refractivity contribution in [2.75, 3.05) is 0 Å². The zero-order valence-corrected chi connectivity index (χ0v) is 29.5. The van der Waals surface area contributed by atoms with Gasteiger partial charge < -0.3 is 5.73 Å². The molecule has 276 valence electrons. The number of nitrogens with two attached hydrogens (primary N) is 1. The van der Waals surface area contributed by atoms with Crippen LogP contribution in [-0.4, -0.2) is 58.5 Å². The number of alkyl halides is 5. The summed E-state index contributed by atoms with van der Waals surface area (Å²) in [6.45, 7) is 6.56. The highest BCUT2D eigenvalue weighted by Crippen LogP contribution is 2.46. The number of hydrogen-bond donors (Lipinski definition) is 1. The highest BCUT2D eigenvalue weighted by atomic mass is 35.5. The number of hydrogen-bond acceptors (Lipinski definition) is 8. The summed E-state index contributed by atoms with van der Waals surface area (Å²) in [7, 11) is 0. The van der Waals surface area contributed by atoms with E-state index in [4.69, 9.17) is 22.3 Å². The standard InChI is InChI=1S/C35H37ClF5N9O2/c1-19(35(39,40)41)28(51)14-13-26(21-7-12-24(36)27(15-21)49-30(29(37)38)43-18-45-49)48-31(52)34(46-32(48)42,17-33(2,3)4)22-8-5-20(6-9-22)25-16-44-50(47-25)23-10-11-23/h5-9,12,15-16,18-19,23,26,29H,10-11,13-14,17H2,1-4H3,(H2,42,46)/t19-,26-,34-/m1/s1. The molecule has 0 radical (unpaired) electrons. The molecule has 2 aromatic carbocycles. The number of aliphatic imine (C=N–C) groups is 1. The Bertz CT molecular complexity index is 2000. The molecule has 0 unspecified atom stereocenters. The lowest BCUT2D eigenvalue weighted by molar-refractivity contribution is -0.177. The first-order valence-electron chi connectivity index (χ1n) is 16.7. The molecule has 52 heavy (non-hydrogen) atoms. The Kier molecular flexibility index (Phi) is 9.74. The number of halogens is 6. The Balaban J connectivity index is 1.41. The monoisotopic (exact) mass is 745 g/mol. The molecule has 6 rings (SSSR count). The van der Waals surface area contributed by atoms with E-state index in [0.29, 0.717) is 17.3 Å². The maximum absolute atomic E-state index is 14.9. The van der Waals surface area contributed by atoms with Crippen LogP contribution in [0.3, 0.4) is 0 Å². The van der Waals surface area contributed by atoms with Crippen LogP contribution in [0, 0.1) is 11.3 Å². The lowest BCUT2D eigenvalue weighted by atomic mass is 9.75. The summed E-state index contributed by atoms with van der Waals surface area (Å²) in [4.78, 5) is 39.0. The molecule has 3 atom stereocenters. The molecular weight excluding hydrogens is 709 g/mol. The number of amides is 1. The Labute approximate surface area is 301 Å². The van der Waals surface area contributed by atoms with Crippen LogP contribution < -0.4 is 5.73 Å². The van der Waals surface area contributed by atoms with Crippen molar-refractivity contribution in [2.24, 2.45) is 22.1 Å². The van der Waals surface area contributed by atoms with Crippen LogP contribution >= 0.6 is 11.6 Å². The average molecular weight is 746 g/mol. The molecule has 1 aliphatic heterocycles. The van der Waals surface area contributed by atoms with Gasteiger partial charge in [-0.3, -0.25) is 14.5 Å². The summed E-state index contributed by atoms with van der Waals surface area (Å²) in [5, 5.41) is 12.8. The minimum absolute atomic E-state index is 0.00499. The van der Waals surface area contributed by atoms with Crippen LogP contribution in [0.1, 0.15) is 95.3 Å². The number of carbonyl (C=O) groups excluding carboxylic acids is 2. The maximum Gasteiger partial charge on any atom is 0.398 e. The largest absolute Gasteiger partial charge is 0.398 e. The van der Waals surface area contributed by atoms with Crippen LogP contribution in [0.25, 0.3) is 16.9 Å². The van der Waals surface area contributed by atoms with E-state index in [-0.39, 0.29) is 35.1 Å². The van der Waals surface area contributed by atoms with E-state index in [2.05, 4.69) is 20.3 Å². The molecule has 1 saturated carbocycles. The summed E-state index contributed by atoms with van der Waals surface area (Å²) < 4.78 is 69.1. The van der Waals surface area contributed by atoms with Gasteiger partial charge in [-0.2, -0.15) is 33.3 Å². The average Bonchev–Trinajstić information content (AvgIpc) is 3.49. The highest BCUT2D eigenvalue weighted by molar-refractivity contribution is 6.32. The predicted molar refractivity (Wildman–Crippen MR) is 181 cm³/mol. The number of rotatable bonds is 12. The molecule has 0 saturated heterocycles. The fraction of sp³-hybridized carbons (Fsp3) is 0.457. The van der Waals surface area contributed by atoms with Gasteiger partial charge in [-0.05, 0) is 61.3 Å². The van der Waals surface area contributed by atoms with Crippen molar-refractivity contribution < 1.29 is 31.5 Å². The Morgan fingerprint density at radius 2 is 1.77 bits per heavy atom. The second-order valence-corrected chi connectivity index (χ2v) is 14.8. The summed E-state index contributed by atoms with van der Waals surface area (Å²) in [5.41, 5.74) is 6.69. The normalized spacial score (nSPS) is 19.3. The van der Waals surface area contributed by atoms with Gasteiger partial charge in [-0.1, -0.05) is 62.7 Å². The second kappa shape index (κ2) is 13.7. The fourth-order valence-electron chi connectivity index (χ4n) is 6.49. The van der Waals surface area contributed by atoms with Gasteiger partial charge >= 0.3 is 6.18 Å². The van der Waals surface area contributed by atoms with E-state index in [1.807, 2.05) is 32.9 Å². The third-order valence-electron chi connectivity index (χ3n) is 9.25. The van der Waals surface area contributed by atoms with Crippen LogP contribution in [0.15, 0.2) is 60.0 Å². The third kappa shape index (κ3) is 7.30. The quantitative estimate of drug-likeness (QED) is 0.148. The number of benzene rings is 2. The molecule has 2 aliphatic rings. The molecule has 1 aliphatic carbocycles. The molecule has 17 heteroatoms. The van der Waals surface area contributed by atoms with E-state index >= 15 is 0 Å². The Morgan fingerprint density at radius 3 is 2.38 bits per heavy atom. The summed E-state index contributed by atoms with van der Waals surface area (Å²) in [6.07, 6.45) is -3.86. The molecule has 2 N–H and O–H groups in total. The molecule has 11 nitrogen and oxygen atoms in total. The van der Waals surface area contributed by atoms with Gasteiger partial charge in [0.25, 0.3) is 12.3 Å². The first-order chi connectivity index (χ1) is 24.4. The van der Waals surface area contributed by atoms with Crippen LogP contribution in [-0.2, 0) is 15.1 Å². The van der Waals surface area contributed by atoms with Gasteiger partial charge in [0.05, 0.1) is 29.0 Å². The van der Waals surface area contributed by atoms with Crippen LogP contribution in [0.2, 0.25) is 5.02 Å². The van der Waals surface area contributed by atoms with Crippen molar-refractivity contribution >= 4 is 29.3 Å². The van der Waals surface area contributed by atoms with Gasteiger partial charge in [0.15, 0.2) is 17.3 Å². The Morgan fingerprint density at radius 1 is 1.08 bits per heavy atom. The van der Waals surface area contributed by atoms with E-state index < -0.39 is 59.5 Å². The van der Waals surface area contributed by atoms with Gasteiger partial charge in [0, 0.05) is 12.0 Å². The number of Topliss-reactive ketones (excluding diaryl/α,β-unsaturated/α-hetero) is 1. The van der Waals surface area contributed by atoms with Gasteiger partial charge in [0.2, 0.25) is 0 Å². The van der Waals surface area contributed by atoms with Crippen molar-refractivity contribution in [3.63, 3.8) is 0 Å². The fourth-order valence-corrected chi connectivity index (χ4v) is 6.69. The highest BCUT2D eigenvalue weighted by Gasteiger charge is 2.53. The van der Waals surface area contributed by atoms with Gasteiger partial charge in [-0.25, -0.2) is 23.4 Å². The molecule has 0 bridgehead atoms. The molecule has 1 amide bonds. The van der Waals surface area contributed by atoms with E-state index in [1.165, 1.54) is 23.1 Å². The van der Waals surface area contributed by atoms with E-state index in [0.717, 1.165) is 36.3 Å². The molecule has 1 fully saturated rings. The number of nitrogens with zero attached hydrogens (tertiary/aromatic N) is 8. The third-order valence-corrected chi connectivity index (χ3v) is 9.57. The first kappa shape index (κ1) is 37.0. The SMILES string of the molecule is C[C@H](C(=O)CC[C@H](c1ccc(Cl)c(-n2ncnc2C(F)F)c1)N1C(=O)[C@@](CC(C)(C)C)(c2ccc(-c3cnn(C4CC4)n3)cc2)N=C1N)C(F)(F)F. The molecular formula is C35H37ClF5N9O2. The van der Waals surface area contributed by atoms with E-state index in [9.17, 15) is 31.5 Å². The number of carbonyl (C=O) groups is 2. The molecule has 3 heterocycles. The summed E-state index contributed by atoms with van der Waals surface area (Å²) in [6, 6.07) is 10.5. The number of aromatic nitrogens is 6. The summed E-state index contributed by atoms with van der Waals surface area (Å²) >= 11 is 6.43. The Hall–Kier alpha value is -4.73. The van der Waals surface area contributed by atoms with E-state index in [1.54, 1.807) is 23.1 Å². The maximum atomic E-state index is 14.9. The zero-order chi connectivity index (χ0) is 37.7.